The van der Waals surface area contributed by atoms with E-state index in [1.807, 2.05) is 0 Å². The van der Waals surface area contributed by atoms with Crippen LogP contribution in [0.5, 0.6) is 0 Å². The fraction of sp³-hybridized carbons (Fsp3) is 0.750. The van der Waals surface area contributed by atoms with Crippen molar-refractivity contribution in [1.82, 2.24) is 0 Å². The predicted octanol–water partition coefficient (Wildman–Crippen LogP) is 6.90. The molecule has 1 rings (SSSR count). The number of hydrogen-bond acceptors (Lipinski definition) is 2. The summed E-state index contributed by atoms with van der Waals surface area (Å²) in [6, 6.07) is 9.04. The van der Waals surface area contributed by atoms with Crippen LogP contribution in [0.25, 0.3) is 0 Å². The van der Waals surface area contributed by atoms with E-state index < -0.39 is 0 Å². The molecule has 0 aliphatic rings. The van der Waals surface area contributed by atoms with Gasteiger partial charge in [-0.1, -0.05) is 103 Å². The lowest BCUT2D eigenvalue weighted by Gasteiger charge is -2.23. The molecule has 4 atom stereocenters. The van der Waals surface area contributed by atoms with Gasteiger partial charge in [0.25, 0.3) is 0 Å². The van der Waals surface area contributed by atoms with Crippen molar-refractivity contribution in [1.29, 1.82) is 0 Å². The van der Waals surface area contributed by atoms with Crippen molar-refractivity contribution in [2.75, 3.05) is 0 Å². The zero-order chi connectivity index (χ0) is 19.4. The van der Waals surface area contributed by atoms with Crippen LogP contribution in [-0.2, 0) is 0 Å². The SMILES string of the molecule is CCCCC(CC)CC(N)c1cccc(C(N)CC(CC)CCCC)c1. The van der Waals surface area contributed by atoms with Gasteiger partial charge in [0, 0.05) is 12.1 Å². The van der Waals surface area contributed by atoms with Crippen LogP contribution in [0.2, 0.25) is 0 Å². The number of nitrogens with two attached hydrogens (primary N) is 2. The standard InChI is InChI=1S/C24H44N2/c1-5-9-12-19(7-3)16-23(25)21-14-11-15-22(18-21)24(26)17-20(8-4)13-10-6-2/h11,14-15,18-20,23-24H,5-10,12-13,16-17,25-26H2,1-4H3. The van der Waals surface area contributed by atoms with Crippen molar-refractivity contribution in [3.8, 4) is 0 Å². The van der Waals surface area contributed by atoms with E-state index in [1.165, 1.54) is 62.5 Å². The first-order chi connectivity index (χ1) is 12.5. The van der Waals surface area contributed by atoms with E-state index in [1.54, 1.807) is 0 Å². The van der Waals surface area contributed by atoms with Gasteiger partial charge in [-0.3, -0.25) is 0 Å². The van der Waals surface area contributed by atoms with E-state index in [4.69, 9.17) is 11.5 Å². The predicted molar refractivity (Wildman–Crippen MR) is 116 cm³/mol. The summed E-state index contributed by atoms with van der Waals surface area (Å²) in [5.41, 5.74) is 15.6. The molecule has 4 unspecified atom stereocenters. The molecular formula is C24H44N2. The molecule has 150 valence electrons. The fourth-order valence-corrected chi connectivity index (χ4v) is 3.97. The molecule has 0 aromatic heterocycles. The largest absolute Gasteiger partial charge is 0.324 e. The van der Waals surface area contributed by atoms with Gasteiger partial charge in [0.2, 0.25) is 0 Å². The Morgan fingerprint density at radius 1 is 0.731 bits per heavy atom. The van der Waals surface area contributed by atoms with Gasteiger partial charge in [0.15, 0.2) is 0 Å². The van der Waals surface area contributed by atoms with Crippen LogP contribution in [0, 0.1) is 11.8 Å². The molecule has 2 heteroatoms. The van der Waals surface area contributed by atoms with Gasteiger partial charge >= 0.3 is 0 Å². The Labute approximate surface area is 163 Å². The number of benzene rings is 1. The van der Waals surface area contributed by atoms with Gasteiger partial charge in [-0.25, -0.2) is 0 Å². The molecule has 0 saturated carbocycles. The lowest BCUT2D eigenvalue weighted by molar-refractivity contribution is 0.385. The molecule has 0 heterocycles. The summed E-state index contributed by atoms with van der Waals surface area (Å²) in [4.78, 5) is 0. The highest BCUT2D eigenvalue weighted by Gasteiger charge is 2.17. The lowest BCUT2D eigenvalue weighted by Crippen LogP contribution is -2.18. The Morgan fingerprint density at radius 2 is 1.15 bits per heavy atom. The molecule has 1 aromatic rings. The second-order valence-electron chi connectivity index (χ2n) is 8.19. The minimum Gasteiger partial charge on any atom is -0.324 e. The quantitative estimate of drug-likeness (QED) is 0.379. The minimum atomic E-state index is 0.131. The first-order valence-electron chi connectivity index (χ1n) is 11.2. The van der Waals surface area contributed by atoms with E-state index in [0.717, 1.165) is 24.7 Å². The first kappa shape index (κ1) is 23.2. The van der Waals surface area contributed by atoms with Crippen molar-refractivity contribution in [3.05, 3.63) is 35.4 Å². The first-order valence-corrected chi connectivity index (χ1v) is 11.2. The third-order valence-electron chi connectivity index (χ3n) is 6.03. The van der Waals surface area contributed by atoms with Crippen molar-refractivity contribution in [2.24, 2.45) is 23.3 Å². The second-order valence-corrected chi connectivity index (χ2v) is 8.19. The molecule has 0 saturated heterocycles. The monoisotopic (exact) mass is 360 g/mol. The van der Waals surface area contributed by atoms with Gasteiger partial charge in [-0.2, -0.15) is 0 Å². The smallest absolute Gasteiger partial charge is 0.0297 e. The number of hydrogen-bond donors (Lipinski definition) is 2. The van der Waals surface area contributed by atoms with E-state index in [9.17, 15) is 0 Å². The molecule has 4 N–H and O–H groups in total. The molecule has 0 fully saturated rings. The van der Waals surface area contributed by atoms with Crippen LogP contribution >= 0.6 is 0 Å². The highest BCUT2D eigenvalue weighted by molar-refractivity contribution is 5.28. The van der Waals surface area contributed by atoms with E-state index >= 15 is 0 Å². The van der Waals surface area contributed by atoms with Gasteiger partial charge in [0.1, 0.15) is 0 Å². The normalized spacial score (nSPS) is 16.2. The average Bonchev–Trinajstić information content (AvgIpc) is 2.67. The summed E-state index contributed by atoms with van der Waals surface area (Å²) in [5, 5.41) is 0. The summed E-state index contributed by atoms with van der Waals surface area (Å²) >= 11 is 0. The third-order valence-corrected chi connectivity index (χ3v) is 6.03. The van der Waals surface area contributed by atoms with Crippen LogP contribution in [0.1, 0.15) is 115 Å². The summed E-state index contributed by atoms with van der Waals surface area (Å²) in [6.45, 7) is 9.12. The number of rotatable bonds is 14. The molecule has 0 bridgehead atoms. The lowest BCUT2D eigenvalue weighted by atomic mass is 9.87. The summed E-state index contributed by atoms with van der Waals surface area (Å²) in [7, 11) is 0. The van der Waals surface area contributed by atoms with E-state index in [0.29, 0.717) is 0 Å². The zero-order valence-corrected chi connectivity index (χ0v) is 17.8. The Balaban J connectivity index is 2.70. The molecule has 0 amide bonds. The summed E-state index contributed by atoms with van der Waals surface area (Å²) in [6.07, 6.45) is 12.4. The maximum atomic E-state index is 6.56. The highest BCUT2D eigenvalue weighted by Crippen LogP contribution is 2.29. The molecule has 26 heavy (non-hydrogen) atoms. The second kappa shape index (κ2) is 13.3. The van der Waals surface area contributed by atoms with Crippen LogP contribution < -0.4 is 11.5 Å². The topological polar surface area (TPSA) is 52.0 Å². The molecule has 1 aromatic carbocycles. The van der Waals surface area contributed by atoms with Gasteiger partial charge in [-0.05, 0) is 35.8 Å². The maximum Gasteiger partial charge on any atom is 0.0297 e. The van der Waals surface area contributed by atoms with Crippen molar-refractivity contribution >= 4 is 0 Å². The van der Waals surface area contributed by atoms with Crippen LogP contribution in [0.3, 0.4) is 0 Å². The van der Waals surface area contributed by atoms with E-state index in [2.05, 4.69) is 52.0 Å². The van der Waals surface area contributed by atoms with Gasteiger partial charge in [0.05, 0.1) is 0 Å². The fourth-order valence-electron chi connectivity index (χ4n) is 3.97. The van der Waals surface area contributed by atoms with Crippen LogP contribution in [-0.4, -0.2) is 0 Å². The third kappa shape index (κ3) is 8.22. The van der Waals surface area contributed by atoms with Crippen molar-refractivity contribution in [3.63, 3.8) is 0 Å². The Hall–Kier alpha value is -0.860. The summed E-state index contributed by atoms with van der Waals surface area (Å²) < 4.78 is 0. The maximum absolute atomic E-state index is 6.56. The van der Waals surface area contributed by atoms with Crippen LogP contribution in [0.15, 0.2) is 24.3 Å². The Bertz CT molecular complexity index is 432. The van der Waals surface area contributed by atoms with Gasteiger partial charge in [-0.15, -0.1) is 0 Å². The molecular weight excluding hydrogens is 316 g/mol. The Kier molecular flexibility index (Phi) is 11.9. The highest BCUT2D eigenvalue weighted by atomic mass is 14.6. The molecule has 2 nitrogen and oxygen atoms in total. The Morgan fingerprint density at radius 3 is 1.50 bits per heavy atom. The van der Waals surface area contributed by atoms with Crippen molar-refractivity contribution < 1.29 is 0 Å². The number of unbranched alkanes of at least 4 members (excludes halogenated alkanes) is 2. The van der Waals surface area contributed by atoms with Crippen LogP contribution in [0.4, 0.5) is 0 Å². The average molecular weight is 361 g/mol. The molecule has 0 radical (unpaired) electrons. The molecule has 0 aliphatic carbocycles. The van der Waals surface area contributed by atoms with E-state index in [-0.39, 0.29) is 12.1 Å². The molecule has 0 aliphatic heterocycles. The van der Waals surface area contributed by atoms with Crippen molar-refractivity contribution in [2.45, 2.75) is 104 Å². The molecule has 0 spiro atoms. The van der Waals surface area contributed by atoms with Gasteiger partial charge < -0.3 is 11.5 Å². The summed E-state index contributed by atoms with van der Waals surface area (Å²) in [5.74, 6) is 1.47. The zero-order valence-electron chi connectivity index (χ0n) is 17.8. The minimum absolute atomic E-state index is 0.131.